The lowest BCUT2D eigenvalue weighted by atomic mass is 10.1. The maximum Gasteiger partial charge on any atom is 0.446 e. The molecule has 0 fully saturated rings. The lowest BCUT2D eigenvalue weighted by Crippen LogP contribution is -2.26. The average Bonchev–Trinajstić information content (AvgIpc) is 2.86. The molecule has 0 heterocycles. The lowest BCUT2D eigenvalue weighted by molar-refractivity contribution is -0.149. The summed E-state index contributed by atoms with van der Waals surface area (Å²) >= 11 is -0.218. The summed E-state index contributed by atoms with van der Waals surface area (Å²) in [4.78, 5) is 23.5. The van der Waals surface area contributed by atoms with Gasteiger partial charge >= 0.3 is 17.5 Å². The Morgan fingerprint density at radius 1 is 0.895 bits per heavy atom. The number of amides is 2. The molecule has 0 aliphatic carbocycles. The van der Waals surface area contributed by atoms with Crippen LogP contribution in [0.1, 0.15) is 18.1 Å². The number of ether oxygens (including phenoxy) is 2. The smallest absolute Gasteiger partial charge is 0.446 e. The van der Waals surface area contributed by atoms with Gasteiger partial charge in [0.2, 0.25) is 0 Å². The maximum atomic E-state index is 12.4. The third kappa shape index (κ3) is 9.98. The molecule has 0 bridgehead atoms. The van der Waals surface area contributed by atoms with Gasteiger partial charge in [-0.3, -0.25) is 0 Å². The van der Waals surface area contributed by atoms with E-state index in [2.05, 4.69) is 10.6 Å². The summed E-state index contributed by atoms with van der Waals surface area (Å²) in [6.45, 7) is 2.50. The van der Waals surface area contributed by atoms with Gasteiger partial charge in [0, 0.05) is 35.7 Å². The van der Waals surface area contributed by atoms with Crippen molar-refractivity contribution in [3.8, 4) is 5.75 Å². The number of urea groups is 1. The van der Waals surface area contributed by atoms with Crippen LogP contribution in [0.25, 0.3) is 0 Å². The molecule has 38 heavy (non-hydrogen) atoms. The number of rotatable bonds is 12. The molecule has 3 N–H and O–H groups in total. The molecule has 0 aliphatic heterocycles. The summed E-state index contributed by atoms with van der Waals surface area (Å²) in [6.07, 6.45) is 0.0182. The second-order valence-electron chi connectivity index (χ2n) is 8.08. The Morgan fingerprint density at radius 2 is 1.45 bits per heavy atom. The highest BCUT2D eigenvalue weighted by molar-refractivity contribution is 8.00. The van der Waals surface area contributed by atoms with E-state index in [4.69, 9.17) is 9.47 Å². The van der Waals surface area contributed by atoms with Gasteiger partial charge in [-0.05, 0) is 78.3 Å². The van der Waals surface area contributed by atoms with Gasteiger partial charge in [0.25, 0.3) is 0 Å². The third-order valence-electron chi connectivity index (χ3n) is 5.20. The number of benzene rings is 3. The molecule has 3 aromatic rings. The van der Waals surface area contributed by atoms with E-state index in [1.165, 1.54) is 24.3 Å². The largest absolute Gasteiger partial charge is 0.493 e. The molecule has 7 nitrogen and oxygen atoms in total. The summed E-state index contributed by atoms with van der Waals surface area (Å²) in [7, 11) is 0. The van der Waals surface area contributed by atoms with Crippen molar-refractivity contribution in [3.63, 3.8) is 0 Å². The standard InChI is InChI=1S/C27H27F3N2O5S/c1-2-36-24(25(33)34)17-19-5-11-22(12-6-19)37-16-15-18-3-7-20(8-4-18)31-26(35)32-21-9-13-23(14-10-21)38-27(28,29)30/h3-14,24H,2,15-17H2,1H3,(H,33,34)(H2,31,32,35)/t24-/m0/s1. The van der Waals surface area contributed by atoms with Crippen molar-refractivity contribution in [2.45, 2.75) is 36.3 Å². The lowest BCUT2D eigenvalue weighted by Gasteiger charge is -2.13. The summed E-state index contributed by atoms with van der Waals surface area (Å²) in [5.41, 5.74) is -1.62. The van der Waals surface area contributed by atoms with Crippen molar-refractivity contribution in [2.75, 3.05) is 23.8 Å². The van der Waals surface area contributed by atoms with Crippen LogP contribution in [0.5, 0.6) is 5.75 Å². The van der Waals surface area contributed by atoms with Crippen LogP contribution in [-0.2, 0) is 22.4 Å². The molecular formula is C27H27F3N2O5S. The number of alkyl halides is 3. The van der Waals surface area contributed by atoms with E-state index in [1.54, 1.807) is 31.2 Å². The SMILES string of the molecule is CCO[C@@H](Cc1ccc(OCCc2ccc(NC(=O)Nc3ccc(SC(F)(F)F)cc3)cc2)cc1)C(=O)O. The monoisotopic (exact) mass is 548 g/mol. The van der Waals surface area contributed by atoms with Crippen LogP contribution >= 0.6 is 11.8 Å². The van der Waals surface area contributed by atoms with Crippen molar-refractivity contribution in [1.29, 1.82) is 0 Å². The Kier molecular flexibility index (Phi) is 10.4. The zero-order chi connectivity index (χ0) is 27.5. The van der Waals surface area contributed by atoms with Crippen molar-refractivity contribution < 1.29 is 37.3 Å². The molecule has 0 unspecified atom stereocenters. The Balaban J connectivity index is 1.41. The molecule has 0 aliphatic rings. The highest BCUT2D eigenvalue weighted by Crippen LogP contribution is 2.37. The first-order valence-corrected chi connectivity index (χ1v) is 12.5. The molecule has 0 aromatic heterocycles. The predicted octanol–water partition coefficient (Wildman–Crippen LogP) is 6.60. The minimum absolute atomic E-state index is 0.0337. The minimum atomic E-state index is -4.37. The van der Waals surface area contributed by atoms with Crippen LogP contribution in [-0.4, -0.2) is 41.9 Å². The molecule has 1 atom stereocenters. The quantitative estimate of drug-likeness (QED) is 0.221. The Hall–Kier alpha value is -3.70. The van der Waals surface area contributed by atoms with Gasteiger partial charge in [-0.15, -0.1) is 0 Å². The first-order valence-electron chi connectivity index (χ1n) is 11.7. The fraction of sp³-hybridized carbons (Fsp3) is 0.259. The molecule has 0 radical (unpaired) electrons. The van der Waals surface area contributed by atoms with Crippen LogP contribution in [0.2, 0.25) is 0 Å². The highest BCUT2D eigenvalue weighted by atomic mass is 32.2. The van der Waals surface area contributed by atoms with E-state index in [1.807, 2.05) is 24.3 Å². The van der Waals surface area contributed by atoms with Crippen molar-refractivity contribution in [1.82, 2.24) is 0 Å². The second-order valence-corrected chi connectivity index (χ2v) is 9.22. The number of carboxylic acids is 1. The second kappa shape index (κ2) is 13.7. The number of aliphatic carboxylic acids is 1. The normalized spacial score (nSPS) is 12.0. The van der Waals surface area contributed by atoms with Crippen molar-refractivity contribution in [3.05, 3.63) is 83.9 Å². The third-order valence-corrected chi connectivity index (χ3v) is 5.94. The maximum absolute atomic E-state index is 12.4. The molecule has 0 saturated heterocycles. The molecule has 3 rings (SSSR count). The zero-order valence-corrected chi connectivity index (χ0v) is 21.3. The van der Waals surface area contributed by atoms with Crippen LogP contribution in [0.3, 0.4) is 0 Å². The first-order chi connectivity index (χ1) is 18.1. The predicted molar refractivity (Wildman–Crippen MR) is 140 cm³/mol. The number of nitrogens with one attached hydrogen (secondary N) is 2. The van der Waals surface area contributed by atoms with Gasteiger partial charge in [-0.1, -0.05) is 24.3 Å². The Labute approximate surface area is 222 Å². The van der Waals surface area contributed by atoms with E-state index < -0.39 is 23.6 Å². The number of carboxylic acid groups (broad SMARTS) is 1. The fourth-order valence-corrected chi connectivity index (χ4v) is 3.97. The first kappa shape index (κ1) is 28.9. The van der Waals surface area contributed by atoms with Gasteiger partial charge in [0.15, 0.2) is 6.10 Å². The summed E-state index contributed by atoms with van der Waals surface area (Å²) in [5.74, 6) is -0.331. The van der Waals surface area contributed by atoms with E-state index in [9.17, 15) is 27.9 Å². The molecule has 3 aromatic carbocycles. The number of hydrogen-bond acceptors (Lipinski definition) is 5. The summed E-state index contributed by atoms with van der Waals surface area (Å²) in [5, 5.41) is 14.4. The molecular weight excluding hydrogens is 521 g/mol. The summed E-state index contributed by atoms with van der Waals surface area (Å²) in [6, 6.07) is 19.2. The number of carbonyl (C=O) groups is 2. The van der Waals surface area contributed by atoms with Gasteiger partial charge in [0.1, 0.15) is 5.75 Å². The van der Waals surface area contributed by atoms with Gasteiger partial charge < -0.3 is 25.2 Å². The Morgan fingerprint density at radius 3 is 1.97 bits per heavy atom. The average molecular weight is 549 g/mol. The molecule has 0 saturated carbocycles. The molecule has 202 valence electrons. The highest BCUT2D eigenvalue weighted by Gasteiger charge is 2.29. The van der Waals surface area contributed by atoms with Crippen LogP contribution in [0.4, 0.5) is 29.3 Å². The number of carbonyl (C=O) groups excluding carboxylic acids is 1. The number of halogens is 3. The molecule has 2 amide bonds. The van der Waals surface area contributed by atoms with E-state index >= 15 is 0 Å². The van der Waals surface area contributed by atoms with E-state index in [0.29, 0.717) is 36.8 Å². The van der Waals surface area contributed by atoms with Gasteiger partial charge in [-0.25, -0.2) is 9.59 Å². The number of hydrogen-bond donors (Lipinski definition) is 3. The number of anilines is 2. The van der Waals surface area contributed by atoms with Gasteiger partial charge in [-0.2, -0.15) is 13.2 Å². The summed E-state index contributed by atoms with van der Waals surface area (Å²) < 4.78 is 48.3. The zero-order valence-electron chi connectivity index (χ0n) is 20.5. The van der Waals surface area contributed by atoms with E-state index in [-0.39, 0.29) is 23.1 Å². The fourth-order valence-electron chi connectivity index (χ4n) is 3.43. The minimum Gasteiger partial charge on any atom is -0.493 e. The van der Waals surface area contributed by atoms with Crippen LogP contribution in [0.15, 0.2) is 77.7 Å². The van der Waals surface area contributed by atoms with Crippen molar-refractivity contribution >= 4 is 35.1 Å². The topological polar surface area (TPSA) is 96.9 Å². The van der Waals surface area contributed by atoms with E-state index in [0.717, 1.165) is 11.1 Å². The van der Waals surface area contributed by atoms with Crippen LogP contribution < -0.4 is 15.4 Å². The molecule has 11 heteroatoms. The molecule has 0 spiro atoms. The Bertz CT molecular complexity index is 1190. The van der Waals surface area contributed by atoms with Crippen LogP contribution in [0, 0.1) is 0 Å². The van der Waals surface area contributed by atoms with Crippen molar-refractivity contribution in [2.24, 2.45) is 0 Å². The van der Waals surface area contributed by atoms with Gasteiger partial charge in [0.05, 0.1) is 6.61 Å². The number of thioether (sulfide) groups is 1.